The number of nitrogens with one attached hydrogen (secondary N) is 1. The van der Waals surface area contributed by atoms with E-state index in [2.05, 4.69) is 29.6 Å². The predicted molar refractivity (Wildman–Crippen MR) is 94.3 cm³/mol. The molecule has 0 bridgehead atoms. The average Bonchev–Trinajstić information content (AvgIpc) is 3.07. The smallest absolute Gasteiger partial charge is 0.240 e. The minimum Gasteiger partial charge on any atom is -0.379 e. The molecule has 1 aliphatic heterocycles. The molecule has 2 atom stereocenters. The third-order valence-electron chi connectivity index (χ3n) is 4.59. The second kappa shape index (κ2) is 7.60. The molecule has 1 heterocycles. The molecule has 4 heteroatoms. The van der Waals surface area contributed by atoms with Gasteiger partial charge in [0.1, 0.15) is 6.23 Å². The number of amides is 1. The van der Waals surface area contributed by atoms with Crippen molar-refractivity contribution in [3.05, 3.63) is 71.8 Å². The van der Waals surface area contributed by atoms with Crippen molar-refractivity contribution in [1.82, 2.24) is 10.2 Å². The highest BCUT2D eigenvalue weighted by Gasteiger charge is 2.34. The molecule has 1 unspecified atom stereocenters. The van der Waals surface area contributed by atoms with Crippen LogP contribution in [0.2, 0.25) is 0 Å². The number of aliphatic hydroxyl groups is 1. The molecule has 24 heavy (non-hydrogen) atoms. The molecule has 1 saturated heterocycles. The molecule has 0 aliphatic carbocycles. The third kappa shape index (κ3) is 3.50. The molecule has 0 radical (unpaired) electrons. The quantitative estimate of drug-likeness (QED) is 0.889. The van der Waals surface area contributed by atoms with E-state index < -0.39 is 6.23 Å². The summed E-state index contributed by atoms with van der Waals surface area (Å²) in [5.74, 6) is 0.0479. The molecule has 126 valence electrons. The van der Waals surface area contributed by atoms with Gasteiger partial charge in [-0.1, -0.05) is 60.7 Å². The number of carbonyl (C=O) groups is 1. The van der Waals surface area contributed by atoms with Gasteiger partial charge in [0.2, 0.25) is 5.91 Å². The zero-order valence-corrected chi connectivity index (χ0v) is 13.9. The molecule has 3 rings (SSSR count). The lowest BCUT2D eigenvalue weighted by Gasteiger charge is -2.33. The highest BCUT2D eigenvalue weighted by Crippen LogP contribution is 2.30. The van der Waals surface area contributed by atoms with Crippen molar-refractivity contribution in [3.63, 3.8) is 0 Å². The molecule has 0 aromatic heterocycles. The minimum atomic E-state index is -0.579. The van der Waals surface area contributed by atoms with Crippen molar-refractivity contribution in [2.24, 2.45) is 0 Å². The highest BCUT2D eigenvalue weighted by molar-refractivity contribution is 5.83. The largest absolute Gasteiger partial charge is 0.379 e. The van der Waals surface area contributed by atoms with E-state index in [4.69, 9.17) is 0 Å². The fraction of sp³-hybridized carbons (Fsp3) is 0.350. The summed E-state index contributed by atoms with van der Waals surface area (Å²) in [7, 11) is 0. The second-order valence-electron chi connectivity index (χ2n) is 6.16. The third-order valence-corrected chi connectivity index (χ3v) is 4.59. The Morgan fingerprint density at radius 1 is 1.08 bits per heavy atom. The predicted octanol–water partition coefficient (Wildman–Crippen LogP) is 2.69. The lowest BCUT2D eigenvalue weighted by atomic mass is 9.96. The first-order valence-corrected chi connectivity index (χ1v) is 8.55. The first-order chi connectivity index (χ1) is 11.7. The number of hydrogen-bond donors (Lipinski definition) is 2. The van der Waals surface area contributed by atoms with Gasteiger partial charge in [-0.3, -0.25) is 10.1 Å². The molecule has 1 fully saturated rings. The van der Waals surface area contributed by atoms with Crippen molar-refractivity contribution in [2.45, 2.75) is 38.1 Å². The van der Waals surface area contributed by atoms with Crippen LogP contribution in [0.4, 0.5) is 0 Å². The monoisotopic (exact) mass is 324 g/mol. The molecule has 4 nitrogen and oxygen atoms in total. The van der Waals surface area contributed by atoms with Crippen LogP contribution < -0.4 is 5.32 Å². The summed E-state index contributed by atoms with van der Waals surface area (Å²) in [5, 5.41) is 12.7. The van der Waals surface area contributed by atoms with E-state index in [1.165, 1.54) is 0 Å². The fourth-order valence-corrected chi connectivity index (χ4v) is 3.41. The van der Waals surface area contributed by atoms with Crippen LogP contribution in [0, 0.1) is 0 Å². The van der Waals surface area contributed by atoms with Crippen LogP contribution in [0.3, 0.4) is 0 Å². The lowest BCUT2D eigenvalue weighted by molar-refractivity contribution is -0.135. The molecule has 2 aromatic rings. The number of carbonyl (C=O) groups excluding carboxylic acids is 1. The van der Waals surface area contributed by atoms with Crippen LogP contribution in [0.5, 0.6) is 0 Å². The number of aliphatic hydroxyl groups excluding tert-OH is 1. The molecule has 2 aromatic carbocycles. The summed E-state index contributed by atoms with van der Waals surface area (Å²) in [6.45, 7) is 2.61. The number of benzene rings is 2. The molecule has 0 saturated carbocycles. The summed E-state index contributed by atoms with van der Waals surface area (Å²) in [6, 6.07) is 19.8. The van der Waals surface area contributed by atoms with Crippen LogP contribution in [-0.4, -0.2) is 34.7 Å². The van der Waals surface area contributed by atoms with Gasteiger partial charge in [0.15, 0.2) is 0 Å². The Labute approximate surface area is 143 Å². The van der Waals surface area contributed by atoms with E-state index in [1.54, 1.807) is 0 Å². The van der Waals surface area contributed by atoms with Crippen molar-refractivity contribution in [2.75, 3.05) is 6.54 Å². The normalized spacial score (nSPS) is 20.3. The Balaban J connectivity index is 1.95. The van der Waals surface area contributed by atoms with Crippen molar-refractivity contribution in [3.8, 4) is 0 Å². The van der Waals surface area contributed by atoms with Crippen LogP contribution >= 0.6 is 0 Å². The first kappa shape index (κ1) is 16.7. The number of hydrogen-bond acceptors (Lipinski definition) is 3. The Morgan fingerprint density at radius 3 is 2.04 bits per heavy atom. The van der Waals surface area contributed by atoms with Gasteiger partial charge in [0, 0.05) is 6.54 Å². The Hall–Kier alpha value is -2.17. The maximum Gasteiger partial charge on any atom is 0.240 e. The van der Waals surface area contributed by atoms with E-state index in [0.29, 0.717) is 19.4 Å². The van der Waals surface area contributed by atoms with Gasteiger partial charge in [-0.15, -0.1) is 0 Å². The minimum absolute atomic E-state index is 0.0479. The van der Waals surface area contributed by atoms with Gasteiger partial charge in [-0.05, 0) is 30.9 Å². The maximum atomic E-state index is 13.1. The van der Waals surface area contributed by atoms with E-state index in [0.717, 1.165) is 11.1 Å². The molecule has 1 amide bonds. The summed E-state index contributed by atoms with van der Waals surface area (Å²) in [6.07, 6.45) is 0.715. The second-order valence-corrected chi connectivity index (χ2v) is 6.16. The Morgan fingerprint density at radius 2 is 1.62 bits per heavy atom. The van der Waals surface area contributed by atoms with Crippen molar-refractivity contribution >= 4 is 5.91 Å². The molecular weight excluding hydrogens is 300 g/mol. The number of likely N-dealkylation sites (N-methyl/N-ethyl adjacent to an activating group) is 1. The Bertz CT molecular complexity index is 620. The summed E-state index contributed by atoms with van der Waals surface area (Å²) < 4.78 is 0. The van der Waals surface area contributed by atoms with Crippen molar-refractivity contribution < 1.29 is 9.90 Å². The summed E-state index contributed by atoms with van der Waals surface area (Å²) in [4.78, 5) is 15.0. The van der Waals surface area contributed by atoms with Crippen LogP contribution in [0.1, 0.15) is 36.9 Å². The number of nitrogens with zero attached hydrogens (tertiary/aromatic N) is 1. The van der Waals surface area contributed by atoms with Gasteiger partial charge in [-0.2, -0.15) is 0 Å². The lowest BCUT2D eigenvalue weighted by Crippen LogP contribution is -2.46. The van der Waals surface area contributed by atoms with Crippen LogP contribution in [0.15, 0.2) is 60.7 Å². The summed E-state index contributed by atoms with van der Waals surface area (Å²) >= 11 is 0. The zero-order valence-electron chi connectivity index (χ0n) is 13.9. The van der Waals surface area contributed by atoms with Crippen molar-refractivity contribution in [1.29, 1.82) is 0 Å². The molecule has 0 spiro atoms. The van der Waals surface area contributed by atoms with Gasteiger partial charge < -0.3 is 10.0 Å². The maximum absolute atomic E-state index is 13.1. The SMILES string of the molecule is CCN(C(=O)[C@@H]1CCC(O)N1)C(c1ccccc1)c1ccccc1. The average molecular weight is 324 g/mol. The van der Waals surface area contributed by atoms with Crippen LogP contribution in [-0.2, 0) is 4.79 Å². The van der Waals surface area contributed by atoms with Gasteiger partial charge in [-0.25, -0.2) is 0 Å². The first-order valence-electron chi connectivity index (χ1n) is 8.55. The zero-order chi connectivity index (χ0) is 16.9. The summed E-state index contributed by atoms with van der Waals surface area (Å²) in [5.41, 5.74) is 2.19. The fourth-order valence-electron chi connectivity index (χ4n) is 3.41. The highest BCUT2D eigenvalue weighted by atomic mass is 16.3. The number of rotatable bonds is 5. The van der Waals surface area contributed by atoms with Gasteiger partial charge in [0.05, 0.1) is 12.1 Å². The van der Waals surface area contributed by atoms with E-state index >= 15 is 0 Å². The van der Waals surface area contributed by atoms with E-state index in [-0.39, 0.29) is 18.0 Å². The Kier molecular flexibility index (Phi) is 5.28. The van der Waals surface area contributed by atoms with Crippen LogP contribution in [0.25, 0.3) is 0 Å². The van der Waals surface area contributed by atoms with Gasteiger partial charge in [0.25, 0.3) is 0 Å². The molecular formula is C20H24N2O2. The topological polar surface area (TPSA) is 52.6 Å². The van der Waals surface area contributed by atoms with Gasteiger partial charge >= 0.3 is 0 Å². The van der Waals surface area contributed by atoms with E-state index in [9.17, 15) is 9.90 Å². The molecule has 1 aliphatic rings. The standard InChI is InChI=1S/C20H24N2O2/c1-2-22(20(24)17-13-14-18(23)21-17)19(15-9-5-3-6-10-15)16-11-7-4-8-12-16/h3-12,17-19,21,23H,2,13-14H2,1H3/t17-,18?/m0/s1. The van der Waals surface area contributed by atoms with E-state index in [1.807, 2.05) is 48.2 Å². The molecule has 2 N–H and O–H groups in total.